The number of nitrogens with one attached hydrogen (secondary N) is 1. The molecule has 0 saturated carbocycles. The van der Waals surface area contributed by atoms with Crippen LogP contribution in [0.1, 0.15) is 10.5 Å². The summed E-state index contributed by atoms with van der Waals surface area (Å²) in [4.78, 5) is 25.9. The first-order valence-corrected chi connectivity index (χ1v) is 9.38. The summed E-state index contributed by atoms with van der Waals surface area (Å²) in [5, 5.41) is 7.41. The molecule has 0 unspecified atom stereocenters. The largest absolute Gasteiger partial charge is 0.437 e. The average Bonchev–Trinajstić information content (AvgIpc) is 3.34. The zero-order valence-corrected chi connectivity index (χ0v) is 15.0. The molecule has 4 rings (SSSR count). The van der Waals surface area contributed by atoms with Gasteiger partial charge in [-0.05, 0) is 23.6 Å². The molecule has 0 aliphatic heterocycles. The van der Waals surface area contributed by atoms with Crippen molar-refractivity contribution in [1.29, 1.82) is 0 Å². The van der Waals surface area contributed by atoms with E-state index in [-0.39, 0.29) is 5.91 Å². The molecule has 1 N–H and O–H groups in total. The third kappa shape index (κ3) is 3.76. The zero-order valence-electron chi connectivity index (χ0n) is 13.3. The van der Waals surface area contributed by atoms with Crippen LogP contribution in [0.4, 0.5) is 5.69 Å². The Labute approximate surface area is 157 Å². The molecule has 3 aromatic heterocycles. The van der Waals surface area contributed by atoms with Crippen LogP contribution < -0.4 is 10.1 Å². The molecule has 0 spiro atoms. The van der Waals surface area contributed by atoms with Crippen molar-refractivity contribution in [2.24, 2.45) is 0 Å². The number of aromatic nitrogens is 3. The first kappa shape index (κ1) is 16.4. The molecule has 6 nitrogen and oxygen atoms in total. The van der Waals surface area contributed by atoms with Gasteiger partial charge in [-0.25, -0.2) is 9.97 Å². The summed E-state index contributed by atoms with van der Waals surface area (Å²) < 4.78 is 5.62. The van der Waals surface area contributed by atoms with E-state index in [1.807, 2.05) is 17.5 Å². The summed E-state index contributed by atoms with van der Waals surface area (Å²) in [5.74, 6) is 0.678. The maximum Gasteiger partial charge on any atom is 0.275 e. The summed E-state index contributed by atoms with van der Waals surface area (Å²) >= 11 is 3.05. The van der Waals surface area contributed by atoms with Crippen LogP contribution in [0.15, 0.2) is 65.7 Å². The van der Waals surface area contributed by atoms with Crippen LogP contribution in [0.2, 0.25) is 0 Å². The Kier molecular flexibility index (Phi) is 4.67. The van der Waals surface area contributed by atoms with Crippen molar-refractivity contribution in [2.45, 2.75) is 0 Å². The predicted octanol–water partition coefficient (Wildman–Crippen LogP) is 4.71. The molecule has 1 amide bonds. The third-order valence-electron chi connectivity index (χ3n) is 3.32. The van der Waals surface area contributed by atoms with Gasteiger partial charge in [-0.15, -0.1) is 22.7 Å². The van der Waals surface area contributed by atoms with Gasteiger partial charge >= 0.3 is 0 Å². The van der Waals surface area contributed by atoms with E-state index in [0.717, 1.165) is 9.88 Å². The van der Waals surface area contributed by atoms with Gasteiger partial charge in [-0.1, -0.05) is 12.1 Å². The number of thiazole rings is 1. The number of thiophene rings is 1. The van der Waals surface area contributed by atoms with Crippen LogP contribution in [-0.4, -0.2) is 20.9 Å². The van der Waals surface area contributed by atoms with Crippen molar-refractivity contribution >= 4 is 34.3 Å². The Balaban J connectivity index is 1.47. The summed E-state index contributed by atoms with van der Waals surface area (Å²) in [6, 6.07) is 11.0. The fraction of sp³-hybridized carbons (Fsp3) is 0. The molecule has 128 valence electrons. The molecule has 0 bridgehead atoms. The molecule has 0 aliphatic rings. The smallest absolute Gasteiger partial charge is 0.275 e. The number of carbonyl (C=O) groups is 1. The average molecular weight is 380 g/mol. The number of carbonyl (C=O) groups excluding carboxylic acids is 1. The number of ether oxygens (including phenoxy) is 1. The van der Waals surface area contributed by atoms with Crippen LogP contribution in [0.25, 0.3) is 9.88 Å². The molecular formula is C18H12N4O2S2. The maximum atomic E-state index is 12.4. The van der Waals surface area contributed by atoms with Crippen molar-refractivity contribution in [1.82, 2.24) is 15.0 Å². The lowest BCUT2D eigenvalue weighted by Crippen LogP contribution is -2.12. The van der Waals surface area contributed by atoms with Crippen LogP contribution >= 0.6 is 22.7 Å². The van der Waals surface area contributed by atoms with E-state index in [1.165, 1.54) is 17.5 Å². The normalized spacial score (nSPS) is 10.5. The first-order chi connectivity index (χ1) is 12.8. The van der Waals surface area contributed by atoms with Gasteiger partial charge in [-0.3, -0.25) is 9.78 Å². The van der Waals surface area contributed by atoms with Crippen molar-refractivity contribution < 1.29 is 9.53 Å². The monoisotopic (exact) mass is 380 g/mol. The predicted molar refractivity (Wildman–Crippen MR) is 102 cm³/mol. The molecular weight excluding hydrogens is 368 g/mol. The van der Waals surface area contributed by atoms with E-state index in [9.17, 15) is 4.79 Å². The Morgan fingerprint density at radius 1 is 1.12 bits per heavy atom. The minimum Gasteiger partial charge on any atom is -0.437 e. The van der Waals surface area contributed by atoms with Crippen molar-refractivity contribution in [2.75, 3.05) is 5.32 Å². The van der Waals surface area contributed by atoms with Crippen molar-refractivity contribution in [3.8, 4) is 21.5 Å². The second-order valence-corrected chi connectivity index (χ2v) is 6.95. The van der Waals surface area contributed by atoms with E-state index < -0.39 is 0 Å². The highest BCUT2D eigenvalue weighted by Gasteiger charge is 2.13. The van der Waals surface area contributed by atoms with Crippen LogP contribution in [0, 0.1) is 0 Å². The SMILES string of the molecule is O=C(Nc1cccc(Oc2cnccn2)c1)c1csc(-c2cccs2)n1. The van der Waals surface area contributed by atoms with Gasteiger partial charge < -0.3 is 10.1 Å². The number of benzene rings is 1. The topological polar surface area (TPSA) is 77.0 Å². The minimum absolute atomic E-state index is 0.263. The highest BCUT2D eigenvalue weighted by atomic mass is 32.1. The quantitative estimate of drug-likeness (QED) is 0.543. The van der Waals surface area contributed by atoms with Gasteiger partial charge in [0.15, 0.2) is 0 Å². The summed E-state index contributed by atoms with van der Waals surface area (Å²) in [6.07, 6.45) is 4.64. The maximum absolute atomic E-state index is 12.4. The summed E-state index contributed by atoms with van der Waals surface area (Å²) in [7, 11) is 0. The second-order valence-electron chi connectivity index (χ2n) is 5.14. The van der Waals surface area contributed by atoms with E-state index >= 15 is 0 Å². The second kappa shape index (κ2) is 7.42. The van der Waals surface area contributed by atoms with Crippen LogP contribution in [0.3, 0.4) is 0 Å². The Bertz CT molecular complexity index is 1020. The van der Waals surface area contributed by atoms with Gasteiger partial charge in [0.25, 0.3) is 5.91 Å². The fourth-order valence-corrected chi connectivity index (χ4v) is 3.80. The number of rotatable bonds is 5. The van der Waals surface area contributed by atoms with Gasteiger partial charge in [0.1, 0.15) is 16.5 Å². The van der Waals surface area contributed by atoms with E-state index in [4.69, 9.17) is 4.74 Å². The molecule has 0 saturated heterocycles. The molecule has 4 aromatic rings. The summed E-state index contributed by atoms with van der Waals surface area (Å²) in [6.45, 7) is 0. The van der Waals surface area contributed by atoms with Gasteiger partial charge in [0, 0.05) is 29.5 Å². The molecule has 0 fully saturated rings. The standard InChI is InChI=1S/C18H12N4O2S2/c23-17(14-11-26-18(22-14)15-5-2-8-25-15)21-12-3-1-4-13(9-12)24-16-10-19-6-7-20-16/h1-11H,(H,21,23). The molecule has 3 heterocycles. The van der Waals surface area contributed by atoms with E-state index in [1.54, 1.807) is 53.4 Å². The highest BCUT2D eigenvalue weighted by Crippen LogP contribution is 2.28. The zero-order chi connectivity index (χ0) is 17.8. The number of amides is 1. The van der Waals surface area contributed by atoms with Crippen molar-refractivity contribution in [3.05, 3.63) is 71.4 Å². The molecule has 0 radical (unpaired) electrons. The lowest BCUT2D eigenvalue weighted by Gasteiger charge is -2.07. The van der Waals surface area contributed by atoms with Crippen molar-refractivity contribution in [3.63, 3.8) is 0 Å². The molecule has 0 aliphatic carbocycles. The third-order valence-corrected chi connectivity index (χ3v) is 5.20. The Morgan fingerprint density at radius 2 is 2.08 bits per heavy atom. The lowest BCUT2D eigenvalue weighted by molar-refractivity contribution is 0.102. The van der Waals surface area contributed by atoms with Gasteiger partial charge in [-0.2, -0.15) is 0 Å². The highest BCUT2D eigenvalue weighted by molar-refractivity contribution is 7.20. The number of hydrogen-bond acceptors (Lipinski definition) is 7. The van der Waals surface area contributed by atoms with Crippen LogP contribution in [-0.2, 0) is 0 Å². The molecule has 1 aromatic carbocycles. The van der Waals surface area contributed by atoms with E-state index in [2.05, 4.69) is 20.3 Å². The molecule has 26 heavy (non-hydrogen) atoms. The minimum atomic E-state index is -0.263. The fourth-order valence-electron chi connectivity index (χ4n) is 2.18. The number of nitrogens with zero attached hydrogens (tertiary/aromatic N) is 3. The van der Waals surface area contributed by atoms with Gasteiger partial charge in [0.2, 0.25) is 5.88 Å². The molecule has 8 heteroatoms. The number of hydrogen-bond donors (Lipinski definition) is 1. The Hall–Kier alpha value is -3.10. The first-order valence-electron chi connectivity index (χ1n) is 7.62. The summed E-state index contributed by atoms with van der Waals surface area (Å²) in [5.41, 5.74) is 1.00. The van der Waals surface area contributed by atoms with Crippen LogP contribution in [0.5, 0.6) is 11.6 Å². The van der Waals surface area contributed by atoms with E-state index in [0.29, 0.717) is 23.0 Å². The molecule has 0 atom stereocenters. The van der Waals surface area contributed by atoms with Gasteiger partial charge in [0.05, 0.1) is 11.1 Å². The lowest BCUT2D eigenvalue weighted by atomic mass is 10.3. The number of anilines is 1. The Morgan fingerprint density at radius 3 is 2.88 bits per heavy atom.